The Balaban J connectivity index is 1.96. The smallest absolute Gasteiger partial charge is 0.0794 e. The second-order valence-corrected chi connectivity index (χ2v) is 5.32. The lowest BCUT2D eigenvalue weighted by atomic mass is 10.1. The highest BCUT2D eigenvalue weighted by molar-refractivity contribution is 7.09. The first kappa shape index (κ1) is 13.2. The van der Waals surface area contributed by atoms with Crippen LogP contribution in [0, 0.1) is 0 Å². The third-order valence-electron chi connectivity index (χ3n) is 2.80. The SMILES string of the molecule is CCCNC(Cc1ccccn1)Cc1cncs1. The lowest BCUT2D eigenvalue weighted by Gasteiger charge is -2.17. The Labute approximate surface area is 112 Å². The Morgan fingerprint density at radius 1 is 1.33 bits per heavy atom. The maximum absolute atomic E-state index is 4.40. The van der Waals surface area contributed by atoms with Gasteiger partial charge in [-0.2, -0.15) is 0 Å². The second kappa shape index (κ2) is 7.24. The van der Waals surface area contributed by atoms with Gasteiger partial charge in [0.15, 0.2) is 0 Å². The molecule has 0 aromatic carbocycles. The normalized spacial score (nSPS) is 12.5. The number of nitrogens with one attached hydrogen (secondary N) is 1. The van der Waals surface area contributed by atoms with Crippen molar-refractivity contribution in [2.45, 2.75) is 32.2 Å². The number of hydrogen-bond donors (Lipinski definition) is 1. The molecule has 2 heterocycles. The minimum atomic E-state index is 0.445. The van der Waals surface area contributed by atoms with Gasteiger partial charge in [-0.05, 0) is 31.5 Å². The lowest BCUT2D eigenvalue weighted by Crippen LogP contribution is -2.33. The van der Waals surface area contributed by atoms with E-state index in [4.69, 9.17) is 0 Å². The fraction of sp³-hybridized carbons (Fsp3) is 0.429. The van der Waals surface area contributed by atoms with Crippen LogP contribution in [-0.2, 0) is 12.8 Å². The largest absolute Gasteiger partial charge is 0.313 e. The van der Waals surface area contributed by atoms with E-state index >= 15 is 0 Å². The monoisotopic (exact) mass is 261 g/mol. The minimum Gasteiger partial charge on any atom is -0.313 e. The molecule has 2 rings (SSSR count). The van der Waals surface area contributed by atoms with E-state index in [0.29, 0.717) is 6.04 Å². The van der Waals surface area contributed by atoms with Crippen molar-refractivity contribution < 1.29 is 0 Å². The standard InChI is InChI=1S/C14H19N3S/c1-2-6-16-13(9-14-10-15-11-18-14)8-12-5-3-4-7-17-12/h3-5,7,10-11,13,16H,2,6,8-9H2,1H3. The van der Waals surface area contributed by atoms with Crippen LogP contribution in [0.5, 0.6) is 0 Å². The van der Waals surface area contributed by atoms with Gasteiger partial charge in [-0.1, -0.05) is 13.0 Å². The summed E-state index contributed by atoms with van der Waals surface area (Å²) in [7, 11) is 0. The molecule has 0 aliphatic rings. The maximum atomic E-state index is 4.40. The molecule has 1 N–H and O–H groups in total. The Hall–Kier alpha value is -1.26. The molecule has 0 aliphatic heterocycles. The molecule has 0 fully saturated rings. The van der Waals surface area contributed by atoms with Crippen LogP contribution in [0.3, 0.4) is 0 Å². The molecule has 0 bridgehead atoms. The van der Waals surface area contributed by atoms with Crippen LogP contribution in [0.2, 0.25) is 0 Å². The number of rotatable bonds is 7. The minimum absolute atomic E-state index is 0.445. The first-order valence-electron chi connectivity index (χ1n) is 6.39. The van der Waals surface area contributed by atoms with Crippen molar-refractivity contribution in [1.82, 2.24) is 15.3 Å². The molecule has 1 unspecified atom stereocenters. The van der Waals surface area contributed by atoms with E-state index in [-0.39, 0.29) is 0 Å². The Kier molecular flexibility index (Phi) is 5.30. The van der Waals surface area contributed by atoms with Crippen LogP contribution in [0.25, 0.3) is 0 Å². The van der Waals surface area contributed by atoms with Gasteiger partial charge in [-0.15, -0.1) is 11.3 Å². The lowest BCUT2D eigenvalue weighted by molar-refractivity contribution is 0.503. The molecule has 0 spiro atoms. The summed E-state index contributed by atoms with van der Waals surface area (Å²) in [6.07, 6.45) is 6.98. The Morgan fingerprint density at radius 2 is 2.28 bits per heavy atom. The highest BCUT2D eigenvalue weighted by Crippen LogP contribution is 2.11. The molecule has 18 heavy (non-hydrogen) atoms. The molecule has 0 saturated carbocycles. The van der Waals surface area contributed by atoms with E-state index in [1.165, 1.54) is 4.88 Å². The average Bonchev–Trinajstić information content (AvgIpc) is 2.90. The van der Waals surface area contributed by atoms with Gasteiger partial charge in [0, 0.05) is 35.4 Å². The summed E-state index contributed by atoms with van der Waals surface area (Å²) >= 11 is 1.72. The van der Waals surface area contributed by atoms with E-state index in [2.05, 4.69) is 28.3 Å². The average molecular weight is 261 g/mol. The molecule has 0 radical (unpaired) electrons. The van der Waals surface area contributed by atoms with Crippen molar-refractivity contribution in [2.24, 2.45) is 0 Å². The third-order valence-corrected chi connectivity index (χ3v) is 3.60. The van der Waals surface area contributed by atoms with Gasteiger partial charge in [-0.25, -0.2) is 0 Å². The predicted molar refractivity (Wildman–Crippen MR) is 75.8 cm³/mol. The number of pyridine rings is 1. The van der Waals surface area contributed by atoms with Crippen molar-refractivity contribution in [1.29, 1.82) is 0 Å². The fourth-order valence-corrected chi connectivity index (χ4v) is 2.60. The molecule has 0 saturated heterocycles. The first-order chi connectivity index (χ1) is 8.88. The quantitative estimate of drug-likeness (QED) is 0.832. The number of thiazole rings is 1. The van der Waals surface area contributed by atoms with Crippen molar-refractivity contribution in [2.75, 3.05) is 6.54 Å². The fourth-order valence-electron chi connectivity index (χ4n) is 1.92. The highest BCUT2D eigenvalue weighted by atomic mass is 32.1. The molecule has 1 atom stereocenters. The summed E-state index contributed by atoms with van der Waals surface area (Å²) in [5.41, 5.74) is 3.04. The predicted octanol–water partition coefficient (Wildman–Crippen LogP) is 2.69. The second-order valence-electron chi connectivity index (χ2n) is 4.35. The zero-order valence-corrected chi connectivity index (χ0v) is 11.5. The topological polar surface area (TPSA) is 37.8 Å². The summed E-state index contributed by atoms with van der Waals surface area (Å²) in [6.45, 7) is 3.24. The van der Waals surface area contributed by atoms with E-state index in [1.807, 2.05) is 30.0 Å². The summed E-state index contributed by atoms with van der Waals surface area (Å²) in [5, 5.41) is 3.60. The number of hydrogen-bond acceptors (Lipinski definition) is 4. The Bertz CT molecular complexity index is 428. The van der Waals surface area contributed by atoms with Crippen molar-refractivity contribution in [3.63, 3.8) is 0 Å². The van der Waals surface area contributed by atoms with Crippen LogP contribution >= 0.6 is 11.3 Å². The first-order valence-corrected chi connectivity index (χ1v) is 7.27. The van der Waals surface area contributed by atoms with Gasteiger partial charge >= 0.3 is 0 Å². The van der Waals surface area contributed by atoms with Crippen LogP contribution in [-0.4, -0.2) is 22.6 Å². The van der Waals surface area contributed by atoms with Gasteiger partial charge in [0.25, 0.3) is 0 Å². The molecule has 2 aromatic rings. The summed E-state index contributed by atoms with van der Waals surface area (Å²) in [6, 6.07) is 6.54. The van der Waals surface area contributed by atoms with Crippen LogP contribution in [0.1, 0.15) is 23.9 Å². The van der Waals surface area contributed by atoms with Gasteiger partial charge in [-0.3, -0.25) is 9.97 Å². The Morgan fingerprint density at radius 3 is 2.94 bits per heavy atom. The van der Waals surface area contributed by atoms with Crippen molar-refractivity contribution in [3.05, 3.63) is 46.7 Å². The molecule has 4 heteroatoms. The zero-order valence-electron chi connectivity index (χ0n) is 10.7. The van der Waals surface area contributed by atoms with E-state index < -0.39 is 0 Å². The van der Waals surface area contributed by atoms with E-state index in [0.717, 1.165) is 31.5 Å². The van der Waals surface area contributed by atoms with E-state index in [1.54, 1.807) is 11.3 Å². The van der Waals surface area contributed by atoms with Crippen molar-refractivity contribution >= 4 is 11.3 Å². The van der Waals surface area contributed by atoms with Gasteiger partial charge < -0.3 is 5.32 Å². The molecule has 3 nitrogen and oxygen atoms in total. The van der Waals surface area contributed by atoms with Crippen molar-refractivity contribution in [3.8, 4) is 0 Å². The molecule has 0 amide bonds. The molecular formula is C14H19N3S. The van der Waals surface area contributed by atoms with Crippen LogP contribution in [0.15, 0.2) is 36.1 Å². The number of nitrogens with zero attached hydrogens (tertiary/aromatic N) is 2. The van der Waals surface area contributed by atoms with Gasteiger partial charge in [0.2, 0.25) is 0 Å². The van der Waals surface area contributed by atoms with Crippen LogP contribution in [0.4, 0.5) is 0 Å². The summed E-state index contributed by atoms with van der Waals surface area (Å²) < 4.78 is 0. The van der Waals surface area contributed by atoms with Crippen LogP contribution < -0.4 is 5.32 Å². The third kappa shape index (κ3) is 4.20. The summed E-state index contributed by atoms with van der Waals surface area (Å²) in [5.74, 6) is 0. The molecule has 96 valence electrons. The maximum Gasteiger partial charge on any atom is 0.0794 e. The molecule has 0 aliphatic carbocycles. The molecular weight excluding hydrogens is 242 g/mol. The van der Waals surface area contributed by atoms with Gasteiger partial charge in [0.05, 0.1) is 5.51 Å². The highest BCUT2D eigenvalue weighted by Gasteiger charge is 2.11. The molecule has 2 aromatic heterocycles. The van der Waals surface area contributed by atoms with E-state index in [9.17, 15) is 0 Å². The number of aromatic nitrogens is 2. The van der Waals surface area contributed by atoms with Gasteiger partial charge in [0.1, 0.15) is 0 Å². The zero-order chi connectivity index (χ0) is 12.6. The summed E-state index contributed by atoms with van der Waals surface area (Å²) in [4.78, 5) is 9.87.